The van der Waals surface area contributed by atoms with Crippen molar-refractivity contribution in [1.29, 1.82) is 0 Å². The van der Waals surface area contributed by atoms with Crippen LogP contribution in [-0.2, 0) is 22.5 Å². The van der Waals surface area contributed by atoms with Gasteiger partial charge in [0.15, 0.2) is 17.1 Å². The maximum absolute atomic E-state index is 12.5. The number of allylic oxidation sites excluding steroid dienone is 1. The smallest absolute Gasteiger partial charge is 0.340 e. The molecule has 0 radical (unpaired) electrons. The number of carbonyl (C=O) groups is 2. The van der Waals surface area contributed by atoms with Gasteiger partial charge in [0.25, 0.3) is 0 Å². The van der Waals surface area contributed by atoms with Crippen LogP contribution in [-0.4, -0.2) is 39.5 Å². The maximum Gasteiger partial charge on any atom is 0.340 e. The van der Waals surface area contributed by atoms with Crippen molar-refractivity contribution in [3.05, 3.63) is 65.3 Å². The number of hydrogen-bond donors (Lipinski definition) is 1. The predicted molar refractivity (Wildman–Crippen MR) is 130 cm³/mol. The fraction of sp³-hybridized carbons (Fsp3) is 0.304. The van der Waals surface area contributed by atoms with Gasteiger partial charge in [0, 0.05) is 6.54 Å². The maximum atomic E-state index is 12.5. The van der Waals surface area contributed by atoms with E-state index >= 15 is 0 Å². The van der Waals surface area contributed by atoms with Crippen molar-refractivity contribution < 1.29 is 19.1 Å². The number of rotatable bonds is 11. The number of thiophene rings is 1. The second kappa shape index (κ2) is 11.7. The minimum absolute atomic E-state index is 0.0987. The number of aryl methyl sites for hydroxylation is 1. The van der Waals surface area contributed by atoms with Gasteiger partial charge in [-0.25, -0.2) is 4.79 Å². The topological polar surface area (TPSA) is 95.3 Å². The number of nitrogens with one attached hydrogen (secondary N) is 1. The molecule has 8 nitrogen and oxygen atoms in total. The number of anilines is 1. The summed E-state index contributed by atoms with van der Waals surface area (Å²) < 4.78 is 12.7. The van der Waals surface area contributed by atoms with E-state index in [1.165, 1.54) is 35.8 Å². The molecule has 1 atom stereocenters. The zero-order valence-corrected chi connectivity index (χ0v) is 20.4. The molecule has 10 heteroatoms. The van der Waals surface area contributed by atoms with Crippen molar-refractivity contribution >= 4 is 40.0 Å². The summed E-state index contributed by atoms with van der Waals surface area (Å²) in [4.78, 5) is 24.3. The van der Waals surface area contributed by atoms with Gasteiger partial charge in [0.1, 0.15) is 10.8 Å². The summed E-state index contributed by atoms with van der Waals surface area (Å²) in [7, 11) is 1.30. The van der Waals surface area contributed by atoms with Crippen molar-refractivity contribution in [2.45, 2.75) is 38.1 Å². The molecular weight excluding hydrogens is 460 g/mol. The van der Waals surface area contributed by atoms with Crippen LogP contribution in [0, 0.1) is 0 Å². The Kier molecular flexibility index (Phi) is 8.67. The quantitative estimate of drug-likeness (QED) is 0.237. The molecule has 0 aliphatic rings. The van der Waals surface area contributed by atoms with E-state index < -0.39 is 5.97 Å². The van der Waals surface area contributed by atoms with Crippen LogP contribution in [0.2, 0.25) is 0 Å². The molecule has 3 aromatic rings. The lowest BCUT2D eigenvalue weighted by Crippen LogP contribution is -2.16. The average Bonchev–Trinajstić information content (AvgIpc) is 3.45. The lowest BCUT2D eigenvalue weighted by molar-refractivity contribution is -0.113. The molecule has 1 unspecified atom stereocenters. The van der Waals surface area contributed by atoms with E-state index in [0.29, 0.717) is 28.1 Å². The summed E-state index contributed by atoms with van der Waals surface area (Å²) in [5, 5.41) is 14.1. The minimum Gasteiger partial charge on any atom is -0.483 e. The van der Waals surface area contributed by atoms with E-state index in [1.807, 2.05) is 35.8 Å². The number of methoxy groups -OCH3 is 1. The summed E-state index contributed by atoms with van der Waals surface area (Å²) in [5.74, 6) is 0.736. The van der Waals surface area contributed by atoms with E-state index in [9.17, 15) is 9.59 Å². The molecule has 2 heterocycles. The van der Waals surface area contributed by atoms with Crippen LogP contribution in [0.15, 0.2) is 53.5 Å². The molecule has 1 aromatic carbocycles. The van der Waals surface area contributed by atoms with Crippen LogP contribution in [0.4, 0.5) is 5.00 Å². The lowest BCUT2D eigenvalue weighted by atomic mass is 10.2. The highest BCUT2D eigenvalue weighted by Gasteiger charge is 2.21. The number of benzene rings is 1. The molecule has 174 valence electrons. The van der Waals surface area contributed by atoms with E-state index in [2.05, 4.69) is 29.0 Å². The zero-order chi connectivity index (χ0) is 23.8. The molecular formula is C23H26N4O4S2. The normalized spacial score (nSPS) is 11.6. The van der Waals surface area contributed by atoms with Gasteiger partial charge in [0.2, 0.25) is 5.91 Å². The highest BCUT2D eigenvalue weighted by molar-refractivity contribution is 7.99. The first kappa shape index (κ1) is 24.5. The van der Waals surface area contributed by atoms with Crippen molar-refractivity contribution in [3.8, 4) is 5.75 Å². The summed E-state index contributed by atoms with van der Waals surface area (Å²) >= 11 is 2.51. The van der Waals surface area contributed by atoms with E-state index in [0.717, 1.165) is 12.2 Å². The average molecular weight is 487 g/mol. The van der Waals surface area contributed by atoms with E-state index in [1.54, 1.807) is 17.5 Å². The largest absolute Gasteiger partial charge is 0.483 e. The van der Waals surface area contributed by atoms with Crippen LogP contribution in [0.1, 0.15) is 41.7 Å². The van der Waals surface area contributed by atoms with Crippen LogP contribution in [0.3, 0.4) is 0 Å². The summed E-state index contributed by atoms with van der Waals surface area (Å²) in [6.07, 6.45) is 2.36. The van der Waals surface area contributed by atoms with Crippen LogP contribution in [0.5, 0.6) is 5.75 Å². The van der Waals surface area contributed by atoms with E-state index in [-0.39, 0.29) is 17.8 Å². The number of hydrogen-bond acceptors (Lipinski definition) is 8. The summed E-state index contributed by atoms with van der Waals surface area (Å²) in [5.41, 5.74) is 1.57. The Morgan fingerprint density at radius 1 is 1.27 bits per heavy atom. The van der Waals surface area contributed by atoms with Gasteiger partial charge >= 0.3 is 5.97 Å². The van der Waals surface area contributed by atoms with E-state index in [4.69, 9.17) is 9.47 Å². The zero-order valence-electron chi connectivity index (χ0n) is 18.7. The Hall–Kier alpha value is -3.11. The van der Waals surface area contributed by atoms with Crippen molar-refractivity contribution in [2.75, 3.05) is 18.2 Å². The SMILES string of the molecule is C=CCn1c(SCC(=O)Nc2sccc2C(=O)OC)nnc1C(C)Oc1ccc(CC)cc1. The molecule has 0 bridgehead atoms. The summed E-state index contributed by atoms with van der Waals surface area (Å²) in [6, 6.07) is 9.57. The summed E-state index contributed by atoms with van der Waals surface area (Å²) in [6.45, 7) is 8.30. The van der Waals surface area contributed by atoms with Gasteiger partial charge in [-0.05, 0) is 42.5 Å². The van der Waals surface area contributed by atoms with Gasteiger partial charge < -0.3 is 14.8 Å². The lowest BCUT2D eigenvalue weighted by Gasteiger charge is -2.16. The van der Waals surface area contributed by atoms with Crippen molar-refractivity contribution in [3.63, 3.8) is 0 Å². The number of nitrogens with zero attached hydrogens (tertiary/aromatic N) is 3. The standard InChI is InChI=1S/C23H26N4O4S2/c1-5-12-27-20(15(3)31-17-9-7-16(6-2)8-10-17)25-26-23(27)33-14-19(28)24-21-18(11-13-32-21)22(29)30-4/h5,7-11,13,15H,1,6,12,14H2,2-4H3,(H,24,28). The fourth-order valence-corrected chi connectivity index (χ4v) is 4.58. The third-order valence-electron chi connectivity index (χ3n) is 4.72. The Balaban J connectivity index is 1.66. The van der Waals surface area contributed by atoms with Gasteiger partial charge in [-0.1, -0.05) is 36.9 Å². The van der Waals surface area contributed by atoms with Gasteiger partial charge in [0.05, 0.1) is 18.4 Å². The Morgan fingerprint density at radius 3 is 2.70 bits per heavy atom. The van der Waals surface area contributed by atoms with Gasteiger partial charge in [-0.15, -0.1) is 28.1 Å². The first-order valence-corrected chi connectivity index (χ1v) is 12.2. The van der Waals surface area contributed by atoms with Crippen LogP contribution >= 0.6 is 23.1 Å². The number of thioether (sulfide) groups is 1. The molecule has 2 aromatic heterocycles. The highest BCUT2D eigenvalue weighted by atomic mass is 32.2. The number of amides is 1. The second-order valence-corrected chi connectivity index (χ2v) is 8.85. The number of esters is 1. The molecule has 0 aliphatic heterocycles. The third kappa shape index (κ3) is 6.23. The molecule has 0 spiro atoms. The number of ether oxygens (including phenoxy) is 2. The predicted octanol–water partition coefficient (Wildman–Crippen LogP) is 4.75. The minimum atomic E-state index is -0.493. The Labute approximate surface area is 201 Å². The monoisotopic (exact) mass is 486 g/mol. The van der Waals surface area contributed by atoms with Crippen LogP contribution in [0.25, 0.3) is 0 Å². The molecule has 0 fully saturated rings. The Morgan fingerprint density at radius 2 is 2.03 bits per heavy atom. The first-order chi connectivity index (χ1) is 16.0. The molecule has 33 heavy (non-hydrogen) atoms. The number of carbonyl (C=O) groups excluding carboxylic acids is 2. The molecule has 0 saturated heterocycles. The van der Waals surface area contributed by atoms with Gasteiger partial charge in [-0.2, -0.15) is 0 Å². The Bertz CT molecular complexity index is 1110. The van der Waals surface area contributed by atoms with Crippen LogP contribution < -0.4 is 10.1 Å². The number of aromatic nitrogens is 3. The molecule has 0 aliphatic carbocycles. The highest BCUT2D eigenvalue weighted by Crippen LogP contribution is 2.27. The first-order valence-electron chi connectivity index (χ1n) is 10.3. The molecule has 3 rings (SSSR count). The van der Waals surface area contributed by atoms with Gasteiger partial charge in [-0.3, -0.25) is 9.36 Å². The molecule has 0 saturated carbocycles. The molecule has 1 N–H and O–H groups in total. The second-order valence-electron chi connectivity index (χ2n) is 6.99. The van der Waals surface area contributed by atoms with Crippen molar-refractivity contribution in [2.24, 2.45) is 0 Å². The van der Waals surface area contributed by atoms with Crippen molar-refractivity contribution in [1.82, 2.24) is 14.8 Å². The third-order valence-corrected chi connectivity index (χ3v) is 6.52. The molecule has 1 amide bonds. The fourth-order valence-electron chi connectivity index (χ4n) is 3.04.